The molecule has 0 saturated heterocycles. The maximum Gasteiger partial charge on any atom is 0.222 e. The fraction of sp³-hybridized carbons (Fsp3) is 0.588. The lowest BCUT2D eigenvalue weighted by atomic mass is 10.0. The summed E-state index contributed by atoms with van der Waals surface area (Å²) in [6.07, 6.45) is 6.03. The molecule has 0 aromatic heterocycles. The second kappa shape index (κ2) is 7.44. The second-order valence-electron chi connectivity index (χ2n) is 5.84. The standard InChI is InChI=1S/C17H26N2O/c1-19(16-11-6-10-15(16)13-18)17(20)12-5-9-14-7-3-2-4-8-14/h2-4,7-8,15-16H,5-6,9-13,18H2,1H3. The molecule has 1 aromatic rings. The van der Waals surface area contributed by atoms with Gasteiger partial charge in [0.25, 0.3) is 0 Å². The summed E-state index contributed by atoms with van der Waals surface area (Å²) in [5.74, 6) is 0.768. The van der Waals surface area contributed by atoms with Crippen molar-refractivity contribution in [1.82, 2.24) is 4.90 Å². The van der Waals surface area contributed by atoms with Crippen LogP contribution in [0.2, 0.25) is 0 Å². The van der Waals surface area contributed by atoms with Crippen LogP contribution in [0, 0.1) is 5.92 Å². The average molecular weight is 274 g/mol. The van der Waals surface area contributed by atoms with Crippen LogP contribution in [0.4, 0.5) is 0 Å². The van der Waals surface area contributed by atoms with E-state index in [2.05, 4.69) is 12.1 Å². The van der Waals surface area contributed by atoms with Crippen molar-refractivity contribution in [2.24, 2.45) is 11.7 Å². The van der Waals surface area contributed by atoms with Gasteiger partial charge in [0.1, 0.15) is 0 Å². The molecule has 3 nitrogen and oxygen atoms in total. The van der Waals surface area contributed by atoms with E-state index < -0.39 is 0 Å². The molecule has 0 spiro atoms. The number of nitrogens with zero attached hydrogens (tertiary/aromatic N) is 1. The maximum absolute atomic E-state index is 12.3. The molecule has 0 aliphatic heterocycles. The Bertz CT molecular complexity index is 418. The quantitative estimate of drug-likeness (QED) is 0.866. The van der Waals surface area contributed by atoms with E-state index in [1.807, 2.05) is 30.1 Å². The summed E-state index contributed by atoms with van der Waals surface area (Å²) in [5, 5.41) is 0. The van der Waals surface area contributed by atoms with Gasteiger partial charge >= 0.3 is 0 Å². The van der Waals surface area contributed by atoms with Gasteiger partial charge in [0.15, 0.2) is 0 Å². The molecule has 1 fully saturated rings. The SMILES string of the molecule is CN(C(=O)CCCc1ccccc1)C1CCCC1CN. The van der Waals surface area contributed by atoms with E-state index in [1.54, 1.807) is 0 Å². The fourth-order valence-corrected chi connectivity index (χ4v) is 3.25. The Morgan fingerprint density at radius 1 is 1.30 bits per heavy atom. The van der Waals surface area contributed by atoms with Crippen molar-refractivity contribution < 1.29 is 4.79 Å². The topological polar surface area (TPSA) is 46.3 Å². The monoisotopic (exact) mass is 274 g/mol. The molecule has 2 unspecified atom stereocenters. The third-order valence-corrected chi connectivity index (χ3v) is 4.51. The lowest BCUT2D eigenvalue weighted by Gasteiger charge is -2.29. The van der Waals surface area contributed by atoms with Crippen LogP contribution in [-0.2, 0) is 11.2 Å². The Balaban J connectivity index is 1.77. The minimum absolute atomic E-state index is 0.270. The van der Waals surface area contributed by atoms with Gasteiger partial charge in [-0.3, -0.25) is 4.79 Å². The molecule has 1 amide bonds. The van der Waals surface area contributed by atoms with Crippen molar-refractivity contribution in [2.45, 2.75) is 44.6 Å². The zero-order chi connectivity index (χ0) is 14.4. The van der Waals surface area contributed by atoms with Crippen molar-refractivity contribution in [3.63, 3.8) is 0 Å². The van der Waals surface area contributed by atoms with Crippen LogP contribution < -0.4 is 5.73 Å². The number of carbonyl (C=O) groups excluding carboxylic acids is 1. The van der Waals surface area contributed by atoms with Gasteiger partial charge < -0.3 is 10.6 Å². The van der Waals surface area contributed by atoms with Crippen LogP contribution in [0.25, 0.3) is 0 Å². The molecular formula is C17H26N2O. The second-order valence-corrected chi connectivity index (χ2v) is 5.84. The van der Waals surface area contributed by atoms with Gasteiger partial charge in [0.05, 0.1) is 0 Å². The van der Waals surface area contributed by atoms with E-state index in [0.29, 0.717) is 24.9 Å². The largest absolute Gasteiger partial charge is 0.342 e. The lowest BCUT2D eigenvalue weighted by molar-refractivity contribution is -0.132. The van der Waals surface area contributed by atoms with Crippen molar-refractivity contribution in [3.05, 3.63) is 35.9 Å². The van der Waals surface area contributed by atoms with Gasteiger partial charge in [-0.25, -0.2) is 0 Å². The van der Waals surface area contributed by atoms with E-state index in [4.69, 9.17) is 5.73 Å². The first-order valence-electron chi connectivity index (χ1n) is 7.72. The number of hydrogen-bond acceptors (Lipinski definition) is 2. The zero-order valence-electron chi connectivity index (χ0n) is 12.4. The van der Waals surface area contributed by atoms with Crippen molar-refractivity contribution >= 4 is 5.91 Å². The van der Waals surface area contributed by atoms with Crippen LogP contribution in [0.5, 0.6) is 0 Å². The van der Waals surface area contributed by atoms with Gasteiger partial charge in [-0.15, -0.1) is 0 Å². The molecule has 2 rings (SSSR count). The van der Waals surface area contributed by atoms with Gasteiger partial charge in [0.2, 0.25) is 5.91 Å². The van der Waals surface area contributed by atoms with E-state index >= 15 is 0 Å². The summed E-state index contributed by atoms with van der Waals surface area (Å²) < 4.78 is 0. The molecule has 1 aliphatic carbocycles. The van der Waals surface area contributed by atoms with Crippen LogP contribution in [0.15, 0.2) is 30.3 Å². The van der Waals surface area contributed by atoms with Crippen molar-refractivity contribution in [2.75, 3.05) is 13.6 Å². The van der Waals surface area contributed by atoms with E-state index in [0.717, 1.165) is 19.3 Å². The van der Waals surface area contributed by atoms with E-state index in [1.165, 1.54) is 18.4 Å². The number of nitrogens with two attached hydrogens (primary N) is 1. The highest BCUT2D eigenvalue weighted by molar-refractivity contribution is 5.76. The average Bonchev–Trinajstić information content (AvgIpc) is 2.96. The molecule has 2 N–H and O–H groups in total. The third kappa shape index (κ3) is 3.83. The normalized spacial score (nSPS) is 21.9. The van der Waals surface area contributed by atoms with Crippen molar-refractivity contribution in [3.8, 4) is 0 Å². The fourth-order valence-electron chi connectivity index (χ4n) is 3.25. The zero-order valence-corrected chi connectivity index (χ0v) is 12.4. The molecule has 0 bridgehead atoms. The van der Waals surface area contributed by atoms with E-state index in [-0.39, 0.29) is 5.91 Å². The highest BCUT2D eigenvalue weighted by Gasteiger charge is 2.31. The Labute approximate surface area is 122 Å². The summed E-state index contributed by atoms with van der Waals surface area (Å²) in [6.45, 7) is 0.701. The highest BCUT2D eigenvalue weighted by Crippen LogP contribution is 2.28. The molecule has 1 aliphatic rings. The predicted molar refractivity (Wildman–Crippen MR) is 82.3 cm³/mol. The molecule has 20 heavy (non-hydrogen) atoms. The van der Waals surface area contributed by atoms with Gasteiger partial charge in [-0.1, -0.05) is 36.8 Å². The number of carbonyl (C=O) groups is 1. The molecular weight excluding hydrogens is 248 g/mol. The summed E-state index contributed by atoms with van der Waals surface area (Å²) in [4.78, 5) is 14.2. The molecule has 0 radical (unpaired) electrons. The third-order valence-electron chi connectivity index (χ3n) is 4.51. The first kappa shape index (κ1) is 15.0. The highest BCUT2D eigenvalue weighted by atomic mass is 16.2. The Kier molecular flexibility index (Phi) is 5.60. The first-order chi connectivity index (χ1) is 9.72. The summed E-state index contributed by atoms with van der Waals surface area (Å²) in [7, 11) is 1.95. The van der Waals surface area contributed by atoms with Crippen LogP contribution >= 0.6 is 0 Å². The smallest absolute Gasteiger partial charge is 0.222 e. The molecule has 3 heteroatoms. The molecule has 0 heterocycles. The summed E-state index contributed by atoms with van der Waals surface area (Å²) in [5.41, 5.74) is 7.11. The molecule has 1 saturated carbocycles. The molecule has 110 valence electrons. The molecule has 2 atom stereocenters. The van der Waals surface area contributed by atoms with Gasteiger partial charge in [-0.2, -0.15) is 0 Å². The Morgan fingerprint density at radius 3 is 2.75 bits per heavy atom. The maximum atomic E-state index is 12.3. The van der Waals surface area contributed by atoms with Crippen LogP contribution in [0.1, 0.15) is 37.7 Å². The van der Waals surface area contributed by atoms with Gasteiger partial charge in [0, 0.05) is 19.5 Å². The first-order valence-corrected chi connectivity index (χ1v) is 7.72. The number of hydrogen-bond donors (Lipinski definition) is 1. The summed E-state index contributed by atoms with van der Waals surface area (Å²) >= 11 is 0. The number of rotatable bonds is 6. The molecule has 1 aromatic carbocycles. The lowest BCUT2D eigenvalue weighted by Crippen LogP contribution is -2.41. The van der Waals surface area contributed by atoms with Crippen LogP contribution in [-0.4, -0.2) is 30.4 Å². The number of amides is 1. The minimum atomic E-state index is 0.270. The number of aryl methyl sites for hydroxylation is 1. The number of benzene rings is 1. The summed E-state index contributed by atoms with van der Waals surface area (Å²) in [6, 6.07) is 10.7. The minimum Gasteiger partial charge on any atom is -0.342 e. The van der Waals surface area contributed by atoms with Crippen molar-refractivity contribution in [1.29, 1.82) is 0 Å². The Morgan fingerprint density at radius 2 is 2.05 bits per heavy atom. The predicted octanol–water partition coefficient (Wildman–Crippen LogP) is 2.60. The van der Waals surface area contributed by atoms with E-state index in [9.17, 15) is 4.79 Å². The van der Waals surface area contributed by atoms with Gasteiger partial charge in [-0.05, 0) is 43.7 Å². The van der Waals surface area contributed by atoms with Crippen LogP contribution in [0.3, 0.4) is 0 Å². The Hall–Kier alpha value is -1.35.